The van der Waals surface area contributed by atoms with Gasteiger partial charge in [0.1, 0.15) is 4.21 Å². The topological polar surface area (TPSA) is 64.6 Å². The standard InChI is InChI=1S/C8H12BrNO4S2/c1-13-7(14-2)5-10-16(11,12)8-6(9)3-4-15-8/h3-4,7,10H,5H2,1-2H3. The Balaban J connectivity index is 2.70. The molecule has 0 aromatic carbocycles. The third-order valence-electron chi connectivity index (χ3n) is 1.79. The molecule has 0 saturated heterocycles. The Kier molecular flexibility index (Phi) is 5.35. The second-order valence-corrected chi connectivity index (χ2v) is 6.54. The van der Waals surface area contributed by atoms with E-state index in [0.29, 0.717) is 4.47 Å². The van der Waals surface area contributed by atoms with Gasteiger partial charge in [-0.3, -0.25) is 0 Å². The molecule has 0 aliphatic heterocycles. The number of ether oxygens (including phenoxy) is 2. The van der Waals surface area contributed by atoms with Crippen molar-refractivity contribution in [3.63, 3.8) is 0 Å². The lowest BCUT2D eigenvalue weighted by Crippen LogP contribution is -2.33. The van der Waals surface area contributed by atoms with Crippen LogP contribution in [0, 0.1) is 0 Å². The minimum atomic E-state index is -3.50. The molecule has 1 aromatic rings. The third-order valence-corrected chi connectivity index (χ3v) is 5.89. The van der Waals surface area contributed by atoms with E-state index >= 15 is 0 Å². The van der Waals surface area contributed by atoms with E-state index < -0.39 is 16.3 Å². The van der Waals surface area contributed by atoms with Gasteiger partial charge in [0.15, 0.2) is 6.29 Å². The van der Waals surface area contributed by atoms with Gasteiger partial charge >= 0.3 is 0 Å². The molecule has 0 radical (unpaired) electrons. The van der Waals surface area contributed by atoms with E-state index in [0.717, 1.165) is 11.3 Å². The zero-order chi connectivity index (χ0) is 12.2. The lowest BCUT2D eigenvalue weighted by atomic mass is 10.6. The first kappa shape index (κ1) is 14.1. The van der Waals surface area contributed by atoms with E-state index in [-0.39, 0.29) is 10.8 Å². The second-order valence-electron chi connectivity index (χ2n) is 2.81. The van der Waals surface area contributed by atoms with Crippen molar-refractivity contribution in [1.29, 1.82) is 0 Å². The Hall–Kier alpha value is 0.01000. The summed E-state index contributed by atoms with van der Waals surface area (Å²) in [6.45, 7) is 0.0691. The SMILES string of the molecule is COC(CNS(=O)(=O)c1sccc1Br)OC. The summed E-state index contributed by atoms with van der Waals surface area (Å²) in [4.78, 5) is 0. The second kappa shape index (κ2) is 6.08. The van der Waals surface area contributed by atoms with E-state index in [1.807, 2.05) is 0 Å². The highest BCUT2D eigenvalue weighted by Gasteiger charge is 2.20. The average Bonchev–Trinajstić information content (AvgIpc) is 2.66. The maximum atomic E-state index is 11.8. The van der Waals surface area contributed by atoms with Gasteiger partial charge in [0.2, 0.25) is 0 Å². The molecular weight excluding hydrogens is 318 g/mol. The minimum absolute atomic E-state index is 0.0691. The Morgan fingerprint density at radius 2 is 2.12 bits per heavy atom. The van der Waals surface area contributed by atoms with E-state index in [9.17, 15) is 8.42 Å². The molecule has 1 aromatic heterocycles. The maximum Gasteiger partial charge on any atom is 0.251 e. The first-order valence-corrected chi connectivity index (χ1v) is 7.45. The molecule has 0 unspecified atom stereocenters. The van der Waals surface area contributed by atoms with Crippen molar-refractivity contribution in [2.24, 2.45) is 0 Å². The van der Waals surface area contributed by atoms with Crippen molar-refractivity contribution in [3.05, 3.63) is 15.9 Å². The highest BCUT2D eigenvalue weighted by Crippen LogP contribution is 2.27. The van der Waals surface area contributed by atoms with Crippen LogP contribution in [0.25, 0.3) is 0 Å². The van der Waals surface area contributed by atoms with Crippen LogP contribution >= 0.6 is 27.3 Å². The van der Waals surface area contributed by atoms with Gasteiger partial charge in [-0.25, -0.2) is 13.1 Å². The summed E-state index contributed by atoms with van der Waals surface area (Å²) in [5.41, 5.74) is 0. The number of hydrogen-bond acceptors (Lipinski definition) is 5. The normalized spacial score (nSPS) is 12.2. The zero-order valence-electron chi connectivity index (χ0n) is 8.77. The van der Waals surface area contributed by atoms with Gasteiger partial charge in [-0.15, -0.1) is 11.3 Å². The van der Waals surface area contributed by atoms with Crippen LogP contribution in [0.4, 0.5) is 0 Å². The number of methoxy groups -OCH3 is 2. The molecular formula is C8H12BrNO4S2. The summed E-state index contributed by atoms with van der Waals surface area (Å²) >= 11 is 4.32. The maximum absolute atomic E-state index is 11.8. The fourth-order valence-corrected chi connectivity index (χ4v) is 4.37. The molecule has 0 fully saturated rings. The van der Waals surface area contributed by atoms with Crippen LogP contribution in [-0.2, 0) is 19.5 Å². The van der Waals surface area contributed by atoms with Crippen LogP contribution in [0.15, 0.2) is 20.1 Å². The van der Waals surface area contributed by atoms with Crippen molar-refractivity contribution >= 4 is 37.3 Å². The van der Waals surface area contributed by atoms with Gasteiger partial charge in [0, 0.05) is 18.7 Å². The molecule has 0 aliphatic carbocycles. The fraction of sp³-hybridized carbons (Fsp3) is 0.500. The predicted molar refractivity (Wildman–Crippen MR) is 65.0 cm³/mol. The average molecular weight is 330 g/mol. The van der Waals surface area contributed by atoms with Gasteiger partial charge in [-0.05, 0) is 27.4 Å². The number of sulfonamides is 1. The van der Waals surface area contributed by atoms with Crippen molar-refractivity contribution in [2.45, 2.75) is 10.5 Å². The van der Waals surface area contributed by atoms with Crippen molar-refractivity contribution in [3.8, 4) is 0 Å². The van der Waals surface area contributed by atoms with E-state index in [2.05, 4.69) is 20.7 Å². The Bertz CT molecular complexity index is 427. The summed E-state index contributed by atoms with van der Waals surface area (Å²) < 4.78 is 36.6. The lowest BCUT2D eigenvalue weighted by Gasteiger charge is -2.13. The molecule has 92 valence electrons. The minimum Gasteiger partial charge on any atom is -0.355 e. The van der Waals surface area contributed by atoms with E-state index in [1.165, 1.54) is 14.2 Å². The molecule has 0 spiro atoms. The highest BCUT2D eigenvalue weighted by molar-refractivity contribution is 9.10. The van der Waals surface area contributed by atoms with Crippen LogP contribution in [0.2, 0.25) is 0 Å². The Morgan fingerprint density at radius 3 is 2.56 bits per heavy atom. The van der Waals surface area contributed by atoms with Crippen molar-refractivity contribution in [2.75, 3.05) is 20.8 Å². The van der Waals surface area contributed by atoms with Gasteiger partial charge in [-0.2, -0.15) is 0 Å². The molecule has 0 atom stereocenters. The van der Waals surface area contributed by atoms with Crippen molar-refractivity contribution < 1.29 is 17.9 Å². The Labute approximate surface area is 107 Å². The monoisotopic (exact) mass is 329 g/mol. The van der Waals surface area contributed by atoms with Gasteiger partial charge in [-0.1, -0.05) is 0 Å². The summed E-state index contributed by atoms with van der Waals surface area (Å²) in [6, 6.07) is 1.68. The molecule has 1 N–H and O–H groups in total. The summed E-state index contributed by atoms with van der Waals surface area (Å²) in [7, 11) is -0.605. The van der Waals surface area contributed by atoms with E-state index in [1.54, 1.807) is 11.4 Å². The van der Waals surface area contributed by atoms with Crippen LogP contribution in [0.1, 0.15) is 0 Å². The van der Waals surface area contributed by atoms with Crippen LogP contribution in [-0.4, -0.2) is 35.5 Å². The van der Waals surface area contributed by atoms with E-state index in [4.69, 9.17) is 9.47 Å². The number of rotatable bonds is 6. The molecule has 0 amide bonds. The molecule has 5 nitrogen and oxygen atoms in total. The third kappa shape index (κ3) is 3.51. The smallest absolute Gasteiger partial charge is 0.251 e. The molecule has 1 rings (SSSR count). The fourth-order valence-electron chi connectivity index (χ4n) is 0.978. The van der Waals surface area contributed by atoms with Gasteiger partial charge < -0.3 is 9.47 Å². The van der Waals surface area contributed by atoms with Crippen molar-refractivity contribution in [1.82, 2.24) is 4.72 Å². The largest absolute Gasteiger partial charge is 0.355 e. The molecule has 0 saturated carbocycles. The predicted octanol–water partition coefficient (Wildman–Crippen LogP) is 1.41. The van der Waals surface area contributed by atoms with Gasteiger partial charge in [0.05, 0.1) is 6.54 Å². The highest BCUT2D eigenvalue weighted by atomic mass is 79.9. The summed E-state index contributed by atoms with van der Waals surface area (Å²) in [5.74, 6) is 0. The summed E-state index contributed by atoms with van der Waals surface area (Å²) in [5, 5.41) is 1.70. The summed E-state index contributed by atoms with van der Waals surface area (Å²) in [6.07, 6.45) is -0.589. The number of halogens is 1. The van der Waals surface area contributed by atoms with Gasteiger partial charge in [0.25, 0.3) is 10.0 Å². The quantitative estimate of drug-likeness (QED) is 0.801. The first-order chi connectivity index (χ1) is 7.51. The van der Waals surface area contributed by atoms with Crippen LogP contribution in [0.3, 0.4) is 0 Å². The number of nitrogens with one attached hydrogen (secondary N) is 1. The lowest BCUT2D eigenvalue weighted by molar-refractivity contribution is -0.0960. The molecule has 0 bridgehead atoms. The Morgan fingerprint density at radius 1 is 1.50 bits per heavy atom. The molecule has 8 heteroatoms. The number of hydrogen-bond donors (Lipinski definition) is 1. The van der Waals surface area contributed by atoms with Crippen LogP contribution in [0.5, 0.6) is 0 Å². The zero-order valence-corrected chi connectivity index (χ0v) is 12.0. The van der Waals surface area contributed by atoms with Crippen LogP contribution < -0.4 is 4.72 Å². The number of thiophene rings is 1. The molecule has 0 aliphatic rings. The molecule has 16 heavy (non-hydrogen) atoms. The first-order valence-electron chi connectivity index (χ1n) is 4.29. The molecule has 1 heterocycles.